The minimum Gasteiger partial charge on any atom is -0.391 e. The second-order valence-corrected chi connectivity index (χ2v) is 1.61. The van der Waals surface area contributed by atoms with Crippen LogP contribution >= 0.6 is 0 Å². The largest absolute Gasteiger partial charge is 0.391 e. The summed E-state index contributed by atoms with van der Waals surface area (Å²) in [7, 11) is 0. The summed E-state index contributed by atoms with van der Waals surface area (Å²) in [6.07, 6.45) is 3.54. The molecular formula is C5H4N3O2. The van der Waals surface area contributed by atoms with Crippen LogP contribution in [0.3, 0.4) is 0 Å². The first kappa shape index (κ1) is 6.47. The number of anilines is 1. The first-order valence-electron chi connectivity index (χ1n) is 2.48. The lowest BCUT2D eigenvalue weighted by molar-refractivity contribution is -0.384. The van der Waals surface area contributed by atoms with Crippen molar-refractivity contribution in [2.24, 2.45) is 0 Å². The van der Waals surface area contributed by atoms with Crippen LogP contribution in [0.2, 0.25) is 0 Å². The Morgan fingerprint density at radius 2 is 2.50 bits per heavy atom. The molecule has 0 saturated heterocycles. The van der Waals surface area contributed by atoms with E-state index < -0.39 is 4.92 Å². The summed E-state index contributed by atoms with van der Waals surface area (Å²) >= 11 is 0. The molecule has 0 aliphatic heterocycles. The fourth-order valence-electron chi connectivity index (χ4n) is 0.521. The van der Waals surface area contributed by atoms with Crippen molar-refractivity contribution in [2.75, 3.05) is 5.73 Å². The summed E-state index contributed by atoms with van der Waals surface area (Å²) in [6, 6.07) is 1.23. The van der Waals surface area contributed by atoms with E-state index in [1.54, 1.807) is 0 Å². The number of aromatic nitrogens is 1. The number of nitrogen functional groups attached to an aromatic ring is 1. The zero-order valence-electron chi connectivity index (χ0n) is 4.94. The zero-order valence-corrected chi connectivity index (χ0v) is 4.94. The van der Waals surface area contributed by atoms with Crippen LogP contribution in [-0.2, 0) is 0 Å². The lowest BCUT2D eigenvalue weighted by atomic mass is 10.4. The molecule has 10 heavy (non-hydrogen) atoms. The van der Waals surface area contributed by atoms with E-state index in [-0.39, 0.29) is 11.4 Å². The van der Waals surface area contributed by atoms with Gasteiger partial charge in [-0.3, -0.25) is 15.1 Å². The highest BCUT2D eigenvalue weighted by atomic mass is 16.6. The molecular weight excluding hydrogens is 134 g/mol. The predicted octanol–water partition coefficient (Wildman–Crippen LogP) is 0.372. The van der Waals surface area contributed by atoms with E-state index in [1.165, 1.54) is 12.3 Å². The van der Waals surface area contributed by atoms with Gasteiger partial charge in [0.05, 0.1) is 4.92 Å². The molecule has 0 saturated carbocycles. The molecule has 1 aromatic rings. The number of hydrogen-bond acceptors (Lipinski definition) is 4. The summed E-state index contributed by atoms with van der Waals surface area (Å²) in [5.74, 6) is 0. The molecule has 2 N–H and O–H groups in total. The summed E-state index contributed by atoms with van der Waals surface area (Å²) in [4.78, 5) is 13.0. The number of hydrogen-bond donors (Lipinski definition) is 1. The number of pyridine rings is 1. The quantitative estimate of drug-likeness (QED) is 0.449. The second-order valence-electron chi connectivity index (χ2n) is 1.61. The maximum atomic E-state index is 10.1. The third-order valence-electron chi connectivity index (χ3n) is 0.965. The summed E-state index contributed by atoms with van der Waals surface area (Å²) in [5.41, 5.74) is 4.97. The van der Waals surface area contributed by atoms with Gasteiger partial charge in [-0.1, -0.05) is 0 Å². The van der Waals surface area contributed by atoms with Gasteiger partial charge in [0.1, 0.15) is 11.9 Å². The molecule has 0 amide bonds. The van der Waals surface area contributed by atoms with Crippen LogP contribution in [0.15, 0.2) is 12.3 Å². The molecule has 1 radical (unpaired) electrons. The Kier molecular flexibility index (Phi) is 1.49. The Morgan fingerprint density at radius 3 is 2.90 bits per heavy atom. The van der Waals surface area contributed by atoms with E-state index in [9.17, 15) is 10.1 Å². The third kappa shape index (κ3) is 1.02. The molecule has 0 atom stereocenters. The van der Waals surface area contributed by atoms with Gasteiger partial charge in [0.2, 0.25) is 0 Å². The molecule has 0 unspecified atom stereocenters. The Bertz CT molecular complexity index is 261. The minimum absolute atomic E-state index is 0.0347. The fraction of sp³-hybridized carbons (Fsp3) is 0. The molecule has 5 heteroatoms. The lowest BCUT2D eigenvalue weighted by Gasteiger charge is -1.91. The zero-order chi connectivity index (χ0) is 7.56. The maximum Gasteiger partial charge on any atom is 0.295 e. The fourth-order valence-corrected chi connectivity index (χ4v) is 0.521. The highest BCUT2D eigenvalue weighted by Crippen LogP contribution is 2.16. The monoisotopic (exact) mass is 138 g/mol. The van der Waals surface area contributed by atoms with Gasteiger partial charge in [0.25, 0.3) is 5.69 Å². The van der Waals surface area contributed by atoms with Gasteiger partial charge in [-0.2, -0.15) is 0 Å². The molecule has 0 fully saturated rings. The highest BCUT2D eigenvalue weighted by Gasteiger charge is 2.08. The average Bonchev–Trinajstić information content (AvgIpc) is 1.88. The Hall–Kier alpha value is -1.65. The normalized spacial score (nSPS) is 9.20. The standard InChI is InChI=1S/C5H4N3O2/c6-4-3-7-2-1-5(4)8(9)10/h1-2H,6H2. The van der Waals surface area contributed by atoms with Gasteiger partial charge in [-0.05, 0) is 0 Å². The molecule has 0 spiro atoms. The van der Waals surface area contributed by atoms with Gasteiger partial charge in [-0.25, -0.2) is 0 Å². The van der Waals surface area contributed by atoms with E-state index in [0.29, 0.717) is 0 Å². The van der Waals surface area contributed by atoms with Crippen molar-refractivity contribution in [1.29, 1.82) is 0 Å². The van der Waals surface area contributed by atoms with Crippen LogP contribution in [0.4, 0.5) is 11.4 Å². The third-order valence-corrected chi connectivity index (χ3v) is 0.965. The van der Waals surface area contributed by atoms with Crippen molar-refractivity contribution < 1.29 is 4.92 Å². The number of nitrogens with two attached hydrogens (primary N) is 1. The molecule has 0 aliphatic rings. The van der Waals surface area contributed by atoms with Gasteiger partial charge >= 0.3 is 0 Å². The molecule has 0 bridgehead atoms. The lowest BCUT2D eigenvalue weighted by Crippen LogP contribution is -1.95. The van der Waals surface area contributed by atoms with E-state index in [1.807, 2.05) is 0 Å². The van der Waals surface area contributed by atoms with Crippen molar-refractivity contribution in [3.05, 3.63) is 28.6 Å². The van der Waals surface area contributed by atoms with Gasteiger partial charge in [0, 0.05) is 12.3 Å². The first-order chi connectivity index (χ1) is 4.72. The Balaban J connectivity index is 3.15. The van der Waals surface area contributed by atoms with Gasteiger partial charge < -0.3 is 5.73 Å². The smallest absolute Gasteiger partial charge is 0.295 e. The molecule has 5 nitrogen and oxygen atoms in total. The Labute approximate surface area is 56.6 Å². The number of rotatable bonds is 1. The predicted molar refractivity (Wildman–Crippen MR) is 34.1 cm³/mol. The van der Waals surface area contributed by atoms with Crippen LogP contribution < -0.4 is 5.73 Å². The first-order valence-corrected chi connectivity index (χ1v) is 2.48. The average molecular weight is 138 g/mol. The number of nitro groups is 1. The van der Waals surface area contributed by atoms with Crippen LogP contribution in [0.5, 0.6) is 0 Å². The summed E-state index contributed by atoms with van der Waals surface area (Å²) in [5, 5.41) is 10.1. The van der Waals surface area contributed by atoms with Crippen LogP contribution in [-0.4, -0.2) is 9.91 Å². The molecule has 1 aromatic heterocycles. The van der Waals surface area contributed by atoms with Crippen molar-refractivity contribution in [3.63, 3.8) is 0 Å². The van der Waals surface area contributed by atoms with Gasteiger partial charge in [-0.15, -0.1) is 0 Å². The van der Waals surface area contributed by atoms with E-state index in [0.717, 1.165) is 0 Å². The minimum atomic E-state index is -0.576. The van der Waals surface area contributed by atoms with E-state index in [2.05, 4.69) is 11.2 Å². The SMILES string of the molecule is Nc1[c]nccc1[N+](=O)[O-]. The molecule has 0 aliphatic carbocycles. The molecule has 51 valence electrons. The van der Waals surface area contributed by atoms with Crippen molar-refractivity contribution in [2.45, 2.75) is 0 Å². The molecule has 1 rings (SSSR count). The topological polar surface area (TPSA) is 82.0 Å². The maximum absolute atomic E-state index is 10.1. The van der Waals surface area contributed by atoms with Crippen LogP contribution in [0, 0.1) is 16.3 Å². The van der Waals surface area contributed by atoms with E-state index in [4.69, 9.17) is 5.73 Å². The number of nitrogens with zero attached hydrogens (tertiary/aromatic N) is 2. The Morgan fingerprint density at radius 1 is 1.80 bits per heavy atom. The van der Waals surface area contributed by atoms with Crippen molar-refractivity contribution in [1.82, 2.24) is 4.98 Å². The van der Waals surface area contributed by atoms with Crippen molar-refractivity contribution >= 4 is 11.4 Å². The van der Waals surface area contributed by atoms with Crippen LogP contribution in [0.25, 0.3) is 0 Å². The van der Waals surface area contributed by atoms with Gasteiger partial charge in [0.15, 0.2) is 0 Å². The highest BCUT2D eigenvalue weighted by molar-refractivity contribution is 5.54. The summed E-state index contributed by atoms with van der Waals surface area (Å²) < 4.78 is 0. The summed E-state index contributed by atoms with van der Waals surface area (Å²) in [6.45, 7) is 0. The molecule has 1 heterocycles. The second kappa shape index (κ2) is 2.30. The molecule has 0 aromatic carbocycles. The van der Waals surface area contributed by atoms with E-state index >= 15 is 0 Å². The van der Waals surface area contributed by atoms with Crippen molar-refractivity contribution in [3.8, 4) is 0 Å². The van der Waals surface area contributed by atoms with Crippen LogP contribution in [0.1, 0.15) is 0 Å².